The van der Waals surface area contributed by atoms with Crippen LogP contribution >= 0.6 is 0 Å². The topological polar surface area (TPSA) is 78.1 Å². The Labute approximate surface area is 316 Å². The zero-order valence-electron chi connectivity index (χ0n) is 29.6. The number of rotatable bonds is 6. The molecule has 0 bridgehead atoms. The first kappa shape index (κ1) is 32.1. The van der Waals surface area contributed by atoms with E-state index in [-0.39, 0.29) is 5.84 Å². The summed E-state index contributed by atoms with van der Waals surface area (Å²) in [6, 6.07) is 60.9. The van der Waals surface area contributed by atoms with Crippen LogP contribution in [0.4, 0.5) is 17.1 Å². The molecule has 8 aromatic carbocycles. The molecule has 0 atom stereocenters. The van der Waals surface area contributed by atoms with Crippen molar-refractivity contribution in [2.75, 3.05) is 4.90 Å². The smallest absolute Gasteiger partial charge is 0.161 e. The highest BCUT2D eigenvalue weighted by Crippen LogP contribution is 2.47. The van der Waals surface area contributed by atoms with Gasteiger partial charge in [-0.2, -0.15) is 0 Å². The molecule has 6 heteroatoms. The Hall–Kier alpha value is -7.57. The standard InChI is InChI=1S/C49H32N4O2/c50-48(32-16-4-1-5-17-32)52-49(33-18-6-2-7-19-33)51-31-34-20-14-29-44-45(34)40-30-42(36-23-10-11-25-38(36)46(40)55-44)53(35-21-8-3-9-22-35)41-27-15-26-39-37-24-12-13-28-43(37)54-47(39)41/h1-31,50H. The van der Waals surface area contributed by atoms with Gasteiger partial charge in [0.25, 0.3) is 0 Å². The lowest BCUT2D eigenvalue weighted by Crippen LogP contribution is -2.10. The van der Waals surface area contributed by atoms with E-state index in [9.17, 15) is 0 Å². The molecule has 0 amide bonds. The van der Waals surface area contributed by atoms with Crippen molar-refractivity contribution in [2.45, 2.75) is 0 Å². The molecule has 0 aliphatic carbocycles. The fourth-order valence-electron chi connectivity index (χ4n) is 7.49. The number of furan rings is 2. The molecule has 0 fully saturated rings. The number of benzene rings is 8. The Bertz CT molecular complexity index is 3110. The SMILES string of the molecule is N=C(N=C(N=Cc1cccc2oc3c4ccccc4c(N(c4ccccc4)c4cccc5c4oc4ccccc45)cc3c12)c1ccccc1)c1ccccc1. The van der Waals surface area contributed by atoms with Gasteiger partial charge in [0.15, 0.2) is 17.3 Å². The van der Waals surface area contributed by atoms with E-state index in [1.807, 2.05) is 109 Å². The van der Waals surface area contributed by atoms with Crippen molar-refractivity contribution in [2.24, 2.45) is 9.98 Å². The number of amidine groups is 2. The van der Waals surface area contributed by atoms with Crippen LogP contribution in [0.1, 0.15) is 16.7 Å². The van der Waals surface area contributed by atoms with Crippen molar-refractivity contribution >= 4 is 89.6 Å². The van der Waals surface area contributed by atoms with Crippen molar-refractivity contribution in [3.8, 4) is 0 Å². The Morgan fingerprint density at radius 2 is 1.07 bits per heavy atom. The van der Waals surface area contributed by atoms with Crippen LogP contribution in [0.3, 0.4) is 0 Å². The molecule has 0 aliphatic heterocycles. The summed E-state index contributed by atoms with van der Waals surface area (Å²) in [4.78, 5) is 12.0. The number of aliphatic imine (C=N–C) groups is 2. The van der Waals surface area contributed by atoms with Gasteiger partial charge >= 0.3 is 0 Å². The molecule has 2 aromatic heterocycles. The second kappa shape index (κ2) is 13.4. The van der Waals surface area contributed by atoms with Crippen LogP contribution in [0.15, 0.2) is 201 Å². The molecule has 260 valence electrons. The van der Waals surface area contributed by atoms with Gasteiger partial charge in [0.2, 0.25) is 0 Å². The third-order valence-corrected chi connectivity index (χ3v) is 10.0. The van der Waals surface area contributed by atoms with Crippen molar-refractivity contribution in [3.05, 3.63) is 199 Å². The highest BCUT2D eigenvalue weighted by atomic mass is 16.3. The number of anilines is 3. The van der Waals surface area contributed by atoms with Gasteiger partial charge in [-0.25, -0.2) is 9.98 Å². The summed E-state index contributed by atoms with van der Waals surface area (Å²) in [7, 11) is 0. The Balaban J connectivity index is 1.20. The lowest BCUT2D eigenvalue weighted by Gasteiger charge is -2.27. The summed E-state index contributed by atoms with van der Waals surface area (Å²) in [5.74, 6) is 0.583. The predicted octanol–water partition coefficient (Wildman–Crippen LogP) is 13.0. The number of fused-ring (bicyclic) bond motifs is 8. The minimum Gasteiger partial charge on any atom is -0.455 e. The predicted molar refractivity (Wildman–Crippen MR) is 227 cm³/mol. The van der Waals surface area contributed by atoms with E-state index < -0.39 is 0 Å². The van der Waals surface area contributed by atoms with Crippen molar-refractivity contribution < 1.29 is 8.83 Å². The average molecular weight is 709 g/mol. The summed E-state index contributed by atoms with van der Waals surface area (Å²) in [6.07, 6.45) is 1.83. The van der Waals surface area contributed by atoms with Gasteiger partial charge in [0.1, 0.15) is 16.7 Å². The molecule has 0 radical (unpaired) electrons. The van der Waals surface area contributed by atoms with Gasteiger partial charge in [-0.05, 0) is 36.4 Å². The fraction of sp³-hybridized carbons (Fsp3) is 0. The van der Waals surface area contributed by atoms with Crippen LogP contribution in [0.2, 0.25) is 0 Å². The number of para-hydroxylation sites is 3. The van der Waals surface area contributed by atoms with E-state index in [1.54, 1.807) is 0 Å². The first-order valence-electron chi connectivity index (χ1n) is 18.2. The highest BCUT2D eigenvalue weighted by Gasteiger charge is 2.24. The molecule has 1 N–H and O–H groups in total. The third kappa shape index (κ3) is 5.64. The van der Waals surface area contributed by atoms with Gasteiger partial charge in [0, 0.05) is 60.9 Å². The van der Waals surface area contributed by atoms with Crippen molar-refractivity contribution in [1.82, 2.24) is 0 Å². The molecule has 0 aliphatic rings. The van der Waals surface area contributed by atoms with Gasteiger partial charge in [-0.15, -0.1) is 0 Å². The second-order valence-corrected chi connectivity index (χ2v) is 13.3. The Morgan fingerprint density at radius 1 is 0.491 bits per heavy atom. The maximum Gasteiger partial charge on any atom is 0.161 e. The van der Waals surface area contributed by atoms with Crippen LogP contribution in [-0.2, 0) is 0 Å². The third-order valence-electron chi connectivity index (χ3n) is 10.0. The summed E-state index contributed by atoms with van der Waals surface area (Å²) in [5, 5.41) is 14.9. The fourth-order valence-corrected chi connectivity index (χ4v) is 7.49. The van der Waals surface area contributed by atoms with Crippen LogP contribution in [0.5, 0.6) is 0 Å². The normalized spacial score (nSPS) is 12.1. The minimum absolute atomic E-state index is 0.139. The van der Waals surface area contributed by atoms with Crippen LogP contribution < -0.4 is 4.90 Å². The first-order valence-corrected chi connectivity index (χ1v) is 18.2. The van der Waals surface area contributed by atoms with Gasteiger partial charge in [-0.3, -0.25) is 5.41 Å². The van der Waals surface area contributed by atoms with E-state index >= 15 is 0 Å². The average Bonchev–Trinajstić information content (AvgIpc) is 3.83. The molecule has 10 aromatic rings. The lowest BCUT2D eigenvalue weighted by molar-refractivity contribution is 0.669. The zero-order chi connectivity index (χ0) is 36.7. The molecule has 0 saturated heterocycles. The molecule has 55 heavy (non-hydrogen) atoms. The zero-order valence-corrected chi connectivity index (χ0v) is 29.6. The molecule has 6 nitrogen and oxygen atoms in total. The van der Waals surface area contributed by atoms with Crippen molar-refractivity contribution in [1.29, 1.82) is 5.41 Å². The van der Waals surface area contributed by atoms with E-state index in [0.717, 1.165) is 88.4 Å². The van der Waals surface area contributed by atoms with Crippen molar-refractivity contribution in [3.63, 3.8) is 0 Å². The summed E-state index contributed by atoms with van der Waals surface area (Å²) < 4.78 is 13.3. The Kier molecular flexibility index (Phi) is 7.85. The van der Waals surface area contributed by atoms with Crippen LogP contribution in [0, 0.1) is 5.41 Å². The highest BCUT2D eigenvalue weighted by molar-refractivity contribution is 6.24. The van der Waals surface area contributed by atoms with E-state index in [2.05, 4.69) is 83.8 Å². The molecule has 0 saturated carbocycles. The van der Waals surface area contributed by atoms with Gasteiger partial charge < -0.3 is 13.7 Å². The molecule has 10 rings (SSSR count). The molecule has 0 unspecified atom stereocenters. The minimum atomic E-state index is 0.139. The number of nitrogens with one attached hydrogen (secondary N) is 1. The summed E-state index contributed by atoms with van der Waals surface area (Å²) >= 11 is 0. The molecule has 2 heterocycles. The molecular formula is C49H32N4O2. The first-order chi connectivity index (χ1) is 27.2. The molecule has 0 spiro atoms. The maximum absolute atomic E-state index is 8.78. The largest absolute Gasteiger partial charge is 0.455 e. The summed E-state index contributed by atoms with van der Waals surface area (Å²) in [6.45, 7) is 0. The summed E-state index contributed by atoms with van der Waals surface area (Å²) in [5.41, 5.74) is 8.54. The number of hydrogen-bond acceptors (Lipinski definition) is 4. The van der Waals surface area contributed by atoms with Gasteiger partial charge in [0.05, 0.1) is 11.4 Å². The molecular weight excluding hydrogens is 677 g/mol. The number of hydrogen-bond donors (Lipinski definition) is 1. The van der Waals surface area contributed by atoms with E-state index in [1.165, 1.54) is 0 Å². The van der Waals surface area contributed by atoms with Crippen LogP contribution in [0.25, 0.3) is 54.6 Å². The number of nitrogens with zero attached hydrogens (tertiary/aromatic N) is 3. The lowest BCUT2D eigenvalue weighted by atomic mass is 10.00. The van der Waals surface area contributed by atoms with Crippen LogP contribution in [-0.4, -0.2) is 17.9 Å². The monoisotopic (exact) mass is 708 g/mol. The van der Waals surface area contributed by atoms with E-state index in [0.29, 0.717) is 5.84 Å². The van der Waals surface area contributed by atoms with Gasteiger partial charge in [-0.1, -0.05) is 146 Å². The second-order valence-electron chi connectivity index (χ2n) is 13.3. The Morgan fingerprint density at radius 3 is 1.85 bits per heavy atom. The van der Waals surface area contributed by atoms with E-state index in [4.69, 9.17) is 24.2 Å². The maximum atomic E-state index is 8.78. The quantitative estimate of drug-likeness (QED) is 0.138.